The zero-order chi connectivity index (χ0) is 42.7. The van der Waals surface area contributed by atoms with Crippen LogP contribution in [0.5, 0.6) is 0 Å². The van der Waals surface area contributed by atoms with Crippen molar-refractivity contribution >= 4 is 21.8 Å². The fraction of sp³-hybridized carbons (Fsp3) is 0.0333. The van der Waals surface area contributed by atoms with E-state index in [-0.39, 0.29) is 0 Å². The van der Waals surface area contributed by atoms with Crippen LogP contribution in [0, 0.1) is 0 Å². The fourth-order valence-corrected chi connectivity index (χ4v) is 9.39. The van der Waals surface area contributed by atoms with Crippen LogP contribution in [-0.2, 0) is 14.1 Å². The Kier molecular flexibility index (Phi) is 8.91. The van der Waals surface area contributed by atoms with Crippen molar-refractivity contribution < 1.29 is 9.13 Å². The quantitative estimate of drug-likeness (QED) is 0.113. The number of nitrogens with zero attached hydrogens (tertiary/aromatic N) is 4. The summed E-state index contributed by atoms with van der Waals surface area (Å²) in [6.07, 6.45) is 0. The van der Waals surface area contributed by atoms with E-state index in [2.05, 4.69) is 242 Å². The van der Waals surface area contributed by atoms with E-state index in [1.807, 2.05) is 0 Å². The molecule has 14 heterocycles. The van der Waals surface area contributed by atoms with Crippen LogP contribution in [0.2, 0.25) is 0 Å². The van der Waals surface area contributed by atoms with Crippen molar-refractivity contribution in [1.29, 1.82) is 0 Å². The Bertz CT molecular complexity index is 3320. The summed E-state index contributed by atoms with van der Waals surface area (Å²) < 4.78 is 4.60. The maximum Gasteiger partial charge on any atom is 0.277 e. The first-order valence-electron chi connectivity index (χ1n) is 21.8. The highest BCUT2D eigenvalue weighted by Crippen LogP contribution is 2.33. The molecule has 0 amide bonds. The lowest BCUT2D eigenvalue weighted by atomic mass is 9.97. The van der Waals surface area contributed by atoms with Gasteiger partial charge in [0.15, 0.2) is 0 Å². The highest BCUT2D eigenvalue weighted by molar-refractivity contribution is 6.04. The smallest absolute Gasteiger partial charge is 0.245 e. The van der Waals surface area contributed by atoms with Crippen molar-refractivity contribution in [2.45, 2.75) is 0 Å². The fourth-order valence-electron chi connectivity index (χ4n) is 9.39. The molecule has 0 N–H and O–H groups in total. The predicted molar refractivity (Wildman–Crippen MR) is 262 cm³/mol. The van der Waals surface area contributed by atoms with Gasteiger partial charge in [0.2, 0.25) is 11.4 Å². The molecule has 7 aromatic carbocycles. The lowest BCUT2D eigenvalue weighted by Gasteiger charge is -2.10. The van der Waals surface area contributed by atoms with Crippen molar-refractivity contribution in [3.8, 4) is 101 Å². The van der Waals surface area contributed by atoms with Gasteiger partial charge in [-0.15, -0.1) is 0 Å². The third kappa shape index (κ3) is 6.56. The summed E-state index contributed by atoms with van der Waals surface area (Å²) in [4.78, 5) is 10.5. The number of benzene rings is 7. The second kappa shape index (κ2) is 15.2. The molecule has 0 aliphatic carbocycles. The van der Waals surface area contributed by atoms with Gasteiger partial charge in [-0.25, -0.2) is 9.97 Å². The molecule has 0 unspecified atom stereocenters. The van der Waals surface area contributed by atoms with Gasteiger partial charge in [0.25, 0.3) is 11.4 Å². The Labute approximate surface area is 372 Å². The minimum absolute atomic E-state index is 0.907. The summed E-state index contributed by atoms with van der Waals surface area (Å²) in [5, 5.41) is 2.14. The van der Waals surface area contributed by atoms with Gasteiger partial charge in [-0.3, -0.25) is 0 Å². The maximum atomic E-state index is 5.23. The summed E-state index contributed by atoms with van der Waals surface area (Å²) >= 11 is 0. The van der Waals surface area contributed by atoms with E-state index in [1.54, 1.807) is 0 Å². The van der Waals surface area contributed by atoms with Gasteiger partial charge < -0.3 is 0 Å². The van der Waals surface area contributed by atoms with Crippen LogP contribution in [0.1, 0.15) is 0 Å². The Balaban J connectivity index is 0.953. The average Bonchev–Trinajstić information content (AvgIpc) is 3.36. The monoisotopic (exact) mass is 818 g/mol. The minimum atomic E-state index is 0.907. The van der Waals surface area contributed by atoms with Crippen LogP contribution in [0.4, 0.5) is 0 Å². The van der Waals surface area contributed by atoms with Gasteiger partial charge in [-0.05, 0) is 93.0 Å². The molecule has 0 saturated carbocycles. The summed E-state index contributed by atoms with van der Waals surface area (Å²) in [7, 11) is 4.32. The topological polar surface area (TPSA) is 33.5 Å². The maximum absolute atomic E-state index is 5.23. The molecule has 64 heavy (non-hydrogen) atoms. The minimum Gasteiger partial charge on any atom is -0.245 e. The highest BCUT2D eigenvalue weighted by atomic mass is 15.0. The molecule has 10 aliphatic heterocycles. The van der Waals surface area contributed by atoms with E-state index < -0.39 is 0 Å². The van der Waals surface area contributed by atoms with E-state index in [0.29, 0.717) is 0 Å². The first kappa shape index (κ1) is 37.4. The van der Waals surface area contributed by atoms with Crippen molar-refractivity contribution in [3.05, 3.63) is 218 Å². The summed E-state index contributed by atoms with van der Waals surface area (Å²) in [6, 6.07) is 79.0. The zero-order valence-corrected chi connectivity index (χ0v) is 35.6. The molecule has 300 valence electrons. The Hall–Kier alpha value is -8.34. The number of aromatic nitrogens is 4. The van der Waals surface area contributed by atoms with Crippen molar-refractivity contribution in [2.75, 3.05) is 0 Å². The standard InChI is InChI=1S/C60H42N4/c1-63-55-5-3-7-57(63)58-8-4-6-56(64(58)2)50-31-23-46(24-32-50)42-15-11-40(12-16-42)44-19-27-48(28-20-44)54-38-36-52-34-33-51-35-37-53(61-59(51)60(52)62-54)47-25-17-43(18-26-47)39-9-13-41(14-10-39)45-21-29-49(55)30-22-45/h3-38H,1-2H3/q+2. The molecular weight excluding hydrogens is 777 g/mol. The molecule has 0 radical (unpaired) electrons. The Morgan fingerprint density at radius 2 is 0.469 bits per heavy atom. The van der Waals surface area contributed by atoms with E-state index in [1.165, 1.54) is 55.6 Å². The van der Waals surface area contributed by atoms with Gasteiger partial charge in [0.05, 0.1) is 22.4 Å². The Morgan fingerprint density at radius 1 is 0.234 bits per heavy atom. The third-order valence-corrected chi connectivity index (χ3v) is 13.1. The van der Waals surface area contributed by atoms with Gasteiger partial charge in [-0.1, -0.05) is 146 Å². The first-order chi connectivity index (χ1) is 31.5. The van der Waals surface area contributed by atoms with Crippen molar-refractivity contribution in [2.24, 2.45) is 14.1 Å². The molecule has 0 saturated heterocycles. The largest absolute Gasteiger partial charge is 0.277 e. The summed E-state index contributed by atoms with van der Waals surface area (Å²) in [5.41, 5.74) is 22.2. The normalized spacial score (nSPS) is 11.6. The number of hydrogen-bond acceptors (Lipinski definition) is 2. The molecule has 20 bridgehead atoms. The zero-order valence-electron chi connectivity index (χ0n) is 35.6. The van der Waals surface area contributed by atoms with Gasteiger partial charge in [0, 0.05) is 57.3 Å². The van der Waals surface area contributed by atoms with E-state index in [9.17, 15) is 0 Å². The summed E-state index contributed by atoms with van der Waals surface area (Å²) in [6.45, 7) is 0. The van der Waals surface area contributed by atoms with Gasteiger partial charge in [0.1, 0.15) is 14.1 Å². The molecule has 0 spiro atoms. The van der Waals surface area contributed by atoms with Crippen LogP contribution in [0.25, 0.3) is 123 Å². The van der Waals surface area contributed by atoms with Crippen LogP contribution in [0.3, 0.4) is 0 Å². The molecule has 21 rings (SSSR count). The molecule has 4 nitrogen and oxygen atoms in total. The predicted octanol–water partition coefficient (Wildman–Crippen LogP) is 13.7. The van der Waals surface area contributed by atoms with E-state index >= 15 is 0 Å². The molecule has 4 heteroatoms. The SMILES string of the molecule is C[n+]1c2cccc1-c1cccc([n+]1C)-c1ccc(cc1)-c1ccc(cc1)-c1ccc(cc1)-c1ccc3ccc4ccc(nc4c3n1)-c1ccc(cc1)-c1ccc(cc1)-c1ccc-2cc1. The van der Waals surface area contributed by atoms with Crippen LogP contribution in [0.15, 0.2) is 218 Å². The van der Waals surface area contributed by atoms with Crippen LogP contribution in [-0.4, -0.2) is 9.97 Å². The average molecular weight is 819 g/mol. The first-order valence-corrected chi connectivity index (χ1v) is 21.8. The lowest BCUT2D eigenvalue weighted by molar-refractivity contribution is -0.679. The van der Waals surface area contributed by atoms with E-state index in [0.717, 1.165) is 67.1 Å². The van der Waals surface area contributed by atoms with Crippen molar-refractivity contribution in [3.63, 3.8) is 0 Å². The lowest BCUT2D eigenvalue weighted by Crippen LogP contribution is -2.41. The molecule has 0 fully saturated rings. The Morgan fingerprint density at radius 3 is 0.766 bits per heavy atom. The number of pyridine rings is 4. The van der Waals surface area contributed by atoms with Crippen LogP contribution < -0.4 is 9.13 Å². The molecule has 10 aliphatic rings. The second-order valence-electron chi connectivity index (χ2n) is 16.8. The molecule has 0 atom stereocenters. The highest BCUT2D eigenvalue weighted by Gasteiger charge is 2.25. The van der Waals surface area contributed by atoms with Crippen LogP contribution >= 0.6 is 0 Å². The van der Waals surface area contributed by atoms with Gasteiger partial charge >= 0.3 is 0 Å². The molecule has 4 aromatic heterocycles. The molecular formula is C60H42N4+2. The molecule has 11 aromatic rings. The second-order valence-corrected chi connectivity index (χ2v) is 16.8. The number of hydrogen-bond donors (Lipinski definition) is 0. The van der Waals surface area contributed by atoms with E-state index in [4.69, 9.17) is 9.97 Å². The summed E-state index contributed by atoms with van der Waals surface area (Å²) in [5.74, 6) is 0. The third-order valence-electron chi connectivity index (χ3n) is 13.1. The van der Waals surface area contributed by atoms with Gasteiger partial charge in [-0.2, -0.15) is 9.13 Å². The van der Waals surface area contributed by atoms with Crippen molar-refractivity contribution in [1.82, 2.24) is 9.97 Å². The number of rotatable bonds is 0.